The number of guanidine groups is 1. The zero-order valence-electron chi connectivity index (χ0n) is 10.2. The smallest absolute Gasteiger partial charge is 0.238 e. The molecule has 100 valence electrons. The van der Waals surface area contributed by atoms with Crippen molar-refractivity contribution in [3.05, 3.63) is 24.3 Å². The summed E-state index contributed by atoms with van der Waals surface area (Å²) in [5.41, 5.74) is 2.93. The summed E-state index contributed by atoms with van der Waals surface area (Å²) in [6.07, 6.45) is 0. The van der Waals surface area contributed by atoms with E-state index < -0.39 is 10.0 Å². The van der Waals surface area contributed by atoms with Gasteiger partial charge in [0.05, 0.1) is 4.90 Å². The van der Waals surface area contributed by atoms with Gasteiger partial charge in [-0.05, 0) is 32.0 Å². The molecule has 0 saturated carbocycles. The van der Waals surface area contributed by atoms with Crippen LogP contribution in [0.1, 0.15) is 13.8 Å². The molecule has 0 atom stereocenters. The summed E-state index contributed by atoms with van der Waals surface area (Å²) < 4.78 is 22.4. The lowest BCUT2D eigenvalue weighted by Gasteiger charge is -2.11. The van der Waals surface area contributed by atoms with Gasteiger partial charge in [-0.25, -0.2) is 24.4 Å². The Morgan fingerprint density at radius 1 is 1.39 bits per heavy atom. The molecule has 0 bridgehead atoms. The van der Waals surface area contributed by atoms with Crippen LogP contribution < -0.4 is 21.7 Å². The fourth-order valence-corrected chi connectivity index (χ4v) is 1.81. The fourth-order valence-electron chi connectivity index (χ4n) is 1.25. The Labute approximate surface area is 106 Å². The standard InChI is InChI=1S/C10H17N5O2S/c1-7(2)13-10(15-11)14-8-4-3-5-9(6-8)18(12,16)17/h3-7H,11H2,1-2H3,(H2,12,16,17)(H2,13,14,15). The van der Waals surface area contributed by atoms with E-state index in [0.29, 0.717) is 11.6 Å². The van der Waals surface area contributed by atoms with Gasteiger partial charge in [-0.15, -0.1) is 0 Å². The SMILES string of the molecule is CC(C)N=C(NN)Nc1cccc(S(N)(=O)=O)c1. The third-order valence-corrected chi connectivity index (χ3v) is 2.86. The molecule has 8 heteroatoms. The van der Waals surface area contributed by atoms with Gasteiger partial charge in [-0.2, -0.15) is 0 Å². The number of benzene rings is 1. The normalized spacial score (nSPS) is 12.6. The number of nitrogens with one attached hydrogen (secondary N) is 2. The largest absolute Gasteiger partial charge is 0.325 e. The number of hydrazine groups is 1. The molecule has 0 aliphatic rings. The highest BCUT2D eigenvalue weighted by molar-refractivity contribution is 7.89. The Hall–Kier alpha value is -1.64. The zero-order valence-corrected chi connectivity index (χ0v) is 11.0. The molecule has 0 aromatic heterocycles. The van der Waals surface area contributed by atoms with Gasteiger partial charge in [-0.1, -0.05) is 6.07 Å². The van der Waals surface area contributed by atoms with Crippen LogP contribution in [0.25, 0.3) is 0 Å². The summed E-state index contributed by atoms with van der Waals surface area (Å²) in [7, 11) is -3.72. The number of primary sulfonamides is 1. The molecule has 1 aromatic rings. The van der Waals surface area contributed by atoms with Crippen molar-refractivity contribution >= 4 is 21.7 Å². The third kappa shape index (κ3) is 4.32. The lowest BCUT2D eigenvalue weighted by molar-refractivity contribution is 0.598. The molecule has 0 aliphatic heterocycles. The summed E-state index contributed by atoms with van der Waals surface area (Å²) in [4.78, 5) is 4.19. The average Bonchev–Trinajstić information content (AvgIpc) is 2.26. The second-order valence-electron chi connectivity index (χ2n) is 3.91. The molecule has 0 amide bonds. The Morgan fingerprint density at radius 2 is 2.06 bits per heavy atom. The number of aliphatic imine (C=N–C) groups is 1. The van der Waals surface area contributed by atoms with Crippen LogP contribution in [0.4, 0.5) is 5.69 Å². The number of hydrogen-bond acceptors (Lipinski definition) is 4. The molecule has 0 fully saturated rings. The first-order chi connectivity index (χ1) is 8.32. The van der Waals surface area contributed by atoms with E-state index in [9.17, 15) is 8.42 Å². The van der Waals surface area contributed by atoms with Crippen LogP contribution in [0, 0.1) is 0 Å². The first-order valence-electron chi connectivity index (χ1n) is 5.27. The van der Waals surface area contributed by atoms with Crippen molar-refractivity contribution in [2.75, 3.05) is 5.32 Å². The quantitative estimate of drug-likeness (QED) is 0.266. The summed E-state index contributed by atoms with van der Waals surface area (Å²) in [6.45, 7) is 3.78. The molecule has 7 nitrogen and oxygen atoms in total. The molecule has 18 heavy (non-hydrogen) atoms. The van der Waals surface area contributed by atoms with Gasteiger partial charge in [0.25, 0.3) is 0 Å². The second kappa shape index (κ2) is 5.80. The number of rotatable bonds is 3. The summed E-state index contributed by atoms with van der Waals surface area (Å²) >= 11 is 0. The van der Waals surface area contributed by atoms with Gasteiger partial charge < -0.3 is 5.32 Å². The fraction of sp³-hybridized carbons (Fsp3) is 0.300. The predicted octanol–water partition coefficient (Wildman–Crippen LogP) is -0.0264. The molecule has 1 aromatic carbocycles. The van der Waals surface area contributed by atoms with E-state index in [4.69, 9.17) is 11.0 Å². The van der Waals surface area contributed by atoms with Gasteiger partial charge >= 0.3 is 0 Å². The lowest BCUT2D eigenvalue weighted by atomic mass is 10.3. The minimum absolute atomic E-state index is 0.0217. The van der Waals surface area contributed by atoms with Crippen molar-refractivity contribution in [3.8, 4) is 0 Å². The number of nitrogens with zero attached hydrogens (tertiary/aromatic N) is 1. The van der Waals surface area contributed by atoms with Crippen molar-refractivity contribution in [2.45, 2.75) is 24.8 Å². The molecule has 0 unspecified atom stereocenters. The van der Waals surface area contributed by atoms with E-state index in [1.54, 1.807) is 12.1 Å². The van der Waals surface area contributed by atoms with Gasteiger partial charge in [0.15, 0.2) is 0 Å². The van der Waals surface area contributed by atoms with Crippen LogP contribution in [0.15, 0.2) is 34.2 Å². The highest BCUT2D eigenvalue weighted by Crippen LogP contribution is 2.13. The highest BCUT2D eigenvalue weighted by atomic mass is 32.2. The summed E-state index contributed by atoms with van der Waals surface area (Å²) in [6, 6.07) is 6.12. The van der Waals surface area contributed by atoms with Crippen molar-refractivity contribution in [2.24, 2.45) is 16.0 Å². The van der Waals surface area contributed by atoms with Crippen molar-refractivity contribution in [1.29, 1.82) is 0 Å². The van der Waals surface area contributed by atoms with Crippen molar-refractivity contribution < 1.29 is 8.42 Å². The van der Waals surface area contributed by atoms with Crippen molar-refractivity contribution in [3.63, 3.8) is 0 Å². The van der Waals surface area contributed by atoms with Crippen LogP contribution in [-0.4, -0.2) is 20.4 Å². The Morgan fingerprint density at radius 3 is 2.56 bits per heavy atom. The Bertz CT molecular complexity index is 539. The van der Waals surface area contributed by atoms with Gasteiger partial charge in [-0.3, -0.25) is 5.43 Å². The summed E-state index contributed by atoms with van der Waals surface area (Å²) in [5.74, 6) is 5.65. The highest BCUT2D eigenvalue weighted by Gasteiger charge is 2.08. The number of sulfonamides is 1. The summed E-state index contributed by atoms with van der Waals surface area (Å²) in [5, 5.41) is 7.91. The van der Waals surface area contributed by atoms with Gasteiger partial charge in [0, 0.05) is 11.7 Å². The molecular formula is C10H17N5O2S. The van der Waals surface area contributed by atoms with Gasteiger partial charge in [0.1, 0.15) is 0 Å². The maximum absolute atomic E-state index is 11.2. The van der Waals surface area contributed by atoms with E-state index in [1.807, 2.05) is 13.8 Å². The molecular weight excluding hydrogens is 254 g/mol. The average molecular weight is 271 g/mol. The van der Waals surface area contributed by atoms with E-state index in [2.05, 4.69) is 15.7 Å². The van der Waals surface area contributed by atoms with E-state index >= 15 is 0 Å². The van der Waals surface area contributed by atoms with Crippen LogP contribution in [0.2, 0.25) is 0 Å². The molecule has 1 rings (SSSR count). The predicted molar refractivity (Wildman–Crippen MR) is 71.3 cm³/mol. The molecule has 6 N–H and O–H groups in total. The molecule has 0 aliphatic carbocycles. The maximum Gasteiger partial charge on any atom is 0.238 e. The Balaban J connectivity index is 2.98. The lowest BCUT2D eigenvalue weighted by Crippen LogP contribution is -2.37. The minimum Gasteiger partial charge on any atom is -0.325 e. The van der Waals surface area contributed by atoms with Crippen LogP contribution in [0.5, 0.6) is 0 Å². The van der Waals surface area contributed by atoms with E-state index in [0.717, 1.165) is 0 Å². The van der Waals surface area contributed by atoms with E-state index in [1.165, 1.54) is 12.1 Å². The van der Waals surface area contributed by atoms with Crippen LogP contribution >= 0.6 is 0 Å². The third-order valence-electron chi connectivity index (χ3n) is 1.95. The van der Waals surface area contributed by atoms with E-state index in [-0.39, 0.29) is 10.9 Å². The second-order valence-corrected chi connectivity index (χ2v) is 5.48. The van der Waals surface area contributed by atoms with Crippen molar-refractivity contribution in [1.82, 2.24) is 5.43 Å². The monoisotopic (exact) mass is 271 g/mol. The van der Waals surface area contributed by atoms with Crippen LogP contribution in [0.3, 0.4) is 0 Å². The number of nitrogens with two attached hydrogens (primary N) is 2. The molecule has 0 heterocycles. The zero-order chi connectivity index (χ0) is 13.8. The first kappa shape index (κ1) is 14.4. The molecule has 0 radical (unpaired) electrons. The Kier molecular flexibility index (Phi) is 4.65. The molecule has 0 spiro atoms. The minimum atomic E-state index is -3.72. The van der Waals surface area contributed by atoms with Gasteiger partial charge in [0.2, 0.25) is 16.0 Å². The first-order valence-corrected chi connectivity index (χ1v) is 6.82. The number of hydrogen-bond donors (Lipinski definition) is 4. The topological polar surface area (TPSA) is 123 Å². The van der Waals surface area contributed by atoms with Crippen LogP contribution in [-0.2, 0) is 10.0 Å². The number of anilines is 1. The maximum atomic E-state index is 11.2. The molecule has 0 saturated heterocycles.